The fourth-order valence-electron chi connectivity index (χ4n) is 2.06. The van der Waals surface area contributed by atoms with E-state index in [4.69, 9.17) is 4.74 Å². The largest absolute Gasteiger partial charge is 0.463 e. The van der Waals surface area contributed by atoms with E-state index in [2.05, 4.69) is 5.32 Å². The number of thioether (sulfide) groups is 1. The maximum atomic E-state index is 13.4. The molecule has 0 fully saturated rings. The zero-order chi connectivity index (χ0) is 18.2. The average molecular weight is 361 g/mol. The van der Waals surface area contributed by atoms with Gasteiger partial charge in [0.2, 0.25) is 0 Å². The number of nitrogens with one attached hydrogen (secondary N) is 1. The molecule has 0 atom stereocenters. The minimum Gasteiger partial charge on any atom is -0.463 e. The van der Waals surface area contributed by atoms with Crippen LogP contribution in [0.1, 0.15) is 21.5 Å². The minimum absolute atomic E-state index is 0.150. The van der Waals surface area contributed by atoms with Crippen molar-refractivity contribution in [2.75, 3.05) is 18.9 Å². The Kier molecular flexibility index (Phi) is 7.01. The van der Waals surface area contributed by atoms with Crippen LogP contribution in [0.25, 0.3) is 0 Å². The van der Waals surface area contributed by atoms with Crippen molar-refractivity contribution < 1.29 is 18.7 Å². The molecule has 0 saturated carbocycles. The molecule has 0 heterocycles. The van der Waals surface area contributed by atoms with Gasteiger partial charge in [-0.2, -0.15) is 0 Å². The fourth-order valence-corrected chi connectivity index (χ4v) is 2.82. The third-order valence-electron chi connectivity index (χ3n) is 3.60. The van der Waals surface area contributed by atoms with Gasteiger partial charge in [-0.3, -0.25) is 9.59 Å². The van der Waals surface area contributed by atoms with Gasteiger partial charge in [-0.1, -0.05) is 18.2 Å². The molecule has 0 bridgehead atoms. The molecule has 132 valence electrons. The second-order valence-corrected chi connectivity index (χ2v) is 6.62. The standard InChI is InChI=1S/C19H20FNO3S/c1-13-7-8-15(11-14(13)2)19(23)21-12-18(22)24-9-10-25-17-6-4-3-5-16(17)20/h3-8,11H,9-10,12H2,1-2H3,(H,21,23). The second-order valence-electron chi connectivity index (χ2n) is 5.48. The van der Waals surface area contributed by atoms with Crippen molar-refractivity contribution in [3.63, 3.8) is 0 Å². The van der Waals surface area contributed by atoms with Crippen LogP contribution >= 0.6 is 11.8 Å². The fraction of sp³-hybridized carbons (Fsp3) is 0.263. The Labute approximate surface area is 150 Å². The summed E-state index contributed by atoms with van der Waals surface area (Å²) in [4.78, 5) is 24.2. The number of esters is 1. The van der Waals surface area contributed by atoms with Gasteiger partial charge in [0.15, 0.2) is 0 Å². The molecule has 2 rings (SSSR count). The van der Waals surface area contributed by atoms with Crippen LogP contribution in [0.5, 0.6) is 0 Å². The zero-order valence-corrected chi connectivity index (χ0v) is 15.0. The second kappa shape index (κ2) is 9.22. The van der Waals surface area contributed by atoms with E-state index >= 15 is 0 Å². The summed E-state index contributed by atoms with van der Waals surface area (Å²) in [6.45, 7) is 3.84. The lowest BCUT2D eigenvalue weighted by Gasteiger charge is -2.08. The molecule has 0 unspecified atom stereocenters. The molecular formula is C19H20FNO3S. The Morgan fingerprint density at radius 2 is 1.88 bits per heavy atom. The van der Waals surface area contributed by atoms with Crippen molar-refractivity contribution in [1.29, 1.82) is 0 Å². The number of amides is 1. The summed E-state index contributed by atoms with van der Waals surface area (Å²) in [5.41, 5.74) is 2.62. The van der Waals surface area contributed by atoms with Crippen LogP contribution in [0.4, 0.5) is 4.39 Å². The van der Waals surface area contributed by atoms with E-state index < -0.39 is 5.97 Å². The maximum Gasteiger partial charge on any atom is 0.325 e. The Morgan fingerprint density at radius 3 is 2.60 bits per heavy atom. The normalized spacial score (nSPS) is 10.4. The Hall–Kier alpha value is -2.34. The van der Waals surface area contributed by atoms with Crippen LogP contribution in [0.15, 0.2) is 47.4 Å². The lowest BCUT2D eigenvalue weighted by Crippen LogP contribution is -2.31. The topological polar surface area (TPSA) is 55.4 Å². The molecule has 0 aliphatic heterocycles. The van der Waals surface area contributed by atoms with Crippen LogP contribution in [-0.4, -0.2) is 30.8 Å². The number of ether oxygens (including phenoxy) is 1. The van der Waals surface area contributed by atoms with E-state index in [9.17, 15) is 14.0 Å². The Morgan fingerprint density at radius 1 is 1.12 bits per heavy atom. The van der Waals surface area contributed by atoms with Crippen molar-refractivity contribution in [2.24, 2.45) is 0 Å². The number of hydrogen-bond donors (Lipinski definition) is 1. The highest BCUT2D eigenvalue weighted by Gasteiger charge is 2.10. The first-order chi connectivity index (χ1) is 12.0. The van der Waals surface area contributed by atoms with Gasteiger partial charge in [0.1, 0.15) is 19.0 Å². The van der Waals surface area contributed by atoms with E-state index in [1.165, 1.54) is 17.8 Å². The van der Waals surface area contributed by atoms with E-state index in [0.29, 0.717) is 16.2 Å². The summed E-state index contributed by atoms with van der Waals surface area (Å²) in [6, 6.07) is 11.8. The first-order valence-corrected chi connectivity index (χ1v) is 8.84. The van der Waals surface area contributed by atoms with Gasteiger partial charge in [-0.05, 0) is 49.2 Å². The van der Waals surface area contributed by atoms with Crippen LogP contribution in [0, 0.1) is 19.7 Å². The van der Waals surface area contributed by atoms with Gasteiger partial charge in [-0.25, -0.2) is 4.39 Å². The SMILES string of the molecule is Cc1ccc(C(=O)NCC(=O)OCCSc2ccccc2F)cc1C. The van der Waals surface area contributed by atoms with Crippen molar-refractivity contribution in [3.05, 3.63) is 65.0 Å². The first-order valence-electron chi connectivity index (χ1n) is 7.86. The van der Waals surface area contributed by atoms with E-state index in [1.54, 1.807) is 30.3 Å². The van der Waals surface area contributed by atoms with Crippen LogP contribution in [-0.2, 0) is 9.53 Å². The number of carbonyl (C=O) groups is 2. The van der Waals surface area contributed by atoms with Gasteiger partial charge in [0.25, 0.3) is 5.91 Å². The lowest BCUT2D eigenvalue weighted by molar-refractivity contribution is -0.141. The molecular weight excluding hydrogens is 341 g/mol. The molecule has 2 aromatic rings. The monoisotopic (exact) mass is 361 g/mol. The van der Waals surface area contributed by atoms with E-state index in [0.717, 1.165) is 11.1 Å². The molecule has 2 aromatic carbocycles. The molecule has 0 aromatic heterocycles. The highest BCUT2D eigenvalue weighted by Crippen LogP contribution is 2.20. The average Bonchev–Trinajstić information content (AvgIpc) is 2.60. The highest BCUT2D eigenvalue weighted by molar-refractivity contribution is 7.99. The molecule has 6 heteroatoms. The number of benzene rings is 2. The number of halogens is 1. The first kappa shape index (κ1) is 19.0. The smallest absolute Gasteiger partial charge is 0.325 e. The molecule has 25 heavy (non-hydrogen) atoms. The van der Waals surface area contributed by atoms with Crippen LogP contribution < -0.4 is 5.32 Å². The van der Waals surface area contributed by atoms with Crippen molar-refractivity contribution in [1.82, 2.24) is 5.32 Å². The van der Waals surface area contributed by atoms with Crippen LogP contribution in [0.2, 0.25) is 0 Å². The third kappa shape index (κ3) is 5.90. The van der Waals surface area contributed by atoms with E-state index in [1.807, 2.05) is 19.9 Å². The lowest BCUT2D eigenvalue weighted by atomic mass is 10.1. The quantitative estimate of drug-likeness (QED) is 0.466. The molecule has 1 amide bonds. The predicted molar refractivity (Wildman–Crippen MR) is 96.3 cm³/mol. The van der Waals surface area contributed by atoms with Crippen molar-refractivity contribution in [3.8, 4) is 0 Å². The zero-order valence-electron chi connectivity index (χ0n) is 14.2. The number of aryl methyl sites for hydroxylation is 2. The molecule has 0 saturated heterocycles. The summed E-state index contributed by atoms with van der Waals surface area (Å²) >= 11 is 1.27. The maximum absolute atomic E-state index is 13.4. The Bertz CT molecular complexity index is 764. The van der Waals surface area contributed by atoms with Gasteiger partial charge in [-0.15, -0.1) is 11.8 Å². The molecule has 4 nitrogen and oxygen atoms in total. The predicted octanol–water partition coefficient (Wildman–Crippen LogP) is 3.51. The highest BCUT2D eigenvalue weighted by atomic mass is 32.2. The van der Waals surface area contributed by atoms with Gasteiger partial charge in [0.05, 0.1) is 0 Å². The molecule has 0 radical (unpaired) electrons. The molecule has 0 aliphatic carbocycles. The summed E-state index contributed by atoms with van der Waals surface area (Å²) < 4.78 is 18.5. The third-order valence-corrected chi connectivity index (χ3v) is 4.62. The van der Waals surface area contributed by atoms with Gasteiger partial charge in [0, 0.05) is 16.2 Å². The molecule has 0 spiro atoms. The number of rotatable bonds is 7. The summed E-state index contributed by atoms with van der Waals surface area (Å²) in [7, 11) is 0. The summed E-state index contributed by atoms with van der Waals surface area (Å²) in [5, 5.41) is 2.53. The molecule has 1 N–H and O–H groups in total. The van der Waals surface area contributed by atoms with Crippen molar-refractivity contribution in [2.45, 2.75) is 18.7 Å². The minimum atomic E-state index is -0.522. The number of carbonyl (C=O) groups excluding carboxylic acids is 2. The van der Waals surface area contributed by atoms with Gasteiger partial charge < -0.3 is 10.1 Å². The van der Waals surface area contributed by atoms with E-state index in [-0.39, 0.29) is 24.9 Å². The molecule has 0 aliphatic rings. The van der Waals surface area contributed by atoms with Crippen LogP contribution in [0.3, 0.4) is 0 Å². The summed E-state index contributed by atoms with van der Waals surface area (Å²) in [6.07, 6.45) is 0. The van der Waals surface area contributed by atoms with Gasteiger partial charge >= 0.3 is 5.97 Å². The number of hydrogen-bond acceptors (Lipinski definition) is 4. The van der Waals surface area contributed by atoms with Crippen molar-refractivity contribution >= 4 is 23.6 Å². The summed E-state index contributed by atoms with van der Waals surface area (Å²) in [5.74, 6) is -0.691. The Balaban J connectivity index is 1.69.